The molecule has 11 heavy (non-hydrogen) atoms. The van der Waals surface area contributed by atoms with Crippen molar-refractivity contribution in [3.05, 3.63) is 48.6 Å². The zero-order valence-corrected chi connectivity index (χ0v) is 6.23. The molecule has 1 heterocycles. The molecule has 1 aliphatic rings. The number of ether oxygens (including phenoxy) is 1. The maximum atomic E-state index is 5.33. The second kappa shape index (κ2) is 2.51. The second-order valence-electron chi connectivity index (χ2n) is 2.67. The van der Waals surface area contributed by atoms with Crippen molar-refractivity contribution in [3.8, 4) is 0 Å². The molecule has 0 radical (unpaired) electrons. The highest BCUT2D eigenvalue weighted by molar-refractivity contribution is 5.24. The molecule has 0 aromatic heterocycles. The van der Waals surface area contributed by atoms with E-state index >= 15 is 0 Å². The smallest absolute Gasteiger partial charge is 0.113 e. The Hall–Kier alpha value is -1.08. The van der Waals surface area contributed by atoms with Crippen LogP contribution in [0.25, 0.3) is 0 Å². The van der Waals surface area contributed by atoms with Crippen molar-refractivity contribution in [1.29, 1.82) is 0 Å². The van der Waals surface area contributed by atoms with E-state index in [1.807, 2.05) is 24.3 Å². The molecule has 1 aromatic rings. The minimum Gasteiger partial charge on any atom is -0.360 e. The molecular formula is C10H10O. The van der Waals surface area contributed by atoms with Crippen molar-refractivity contribution in [2.75, 3.05) is 0 Å². The average Bonchev–Trinajstić information content (AvgIpc) is 2.85. The summed E-state index contributed by atoms with van der Waals surface area (Å²) < 4.78 is 5.33. The standard InChI is InChI=1S/C10H10O/c1-2-9-10(11-9)8-6-4-3-5-7-8/h2-7,9-10H,1H2/t9-,10+/m1/s1. The molecule has 1 nitrogen and oxygen atoms in total. The van der Waals surface area contributed by atoms with Gasteiger partial charge in [-0.15, -0.1) is 6.58 Å². The predicted octanol–water partition coefficient (Wildman–Crippen LogP) is 2.31. The molecule has 0 spiro atoms. The van der Waals surface area contributed by atoms with Gasteiger partial charge in [0.1, 0.15) is 12.2 Å². The lowest BCUT2D eigenvalue weighted by Crippen LogP contribution is -1.81. The summed E-state index contributed by atoms with van der Waals surface area (Å²) in [4.78, 5) is 0. The number of hydrogen-bond acceptors (Lipinski definition) is 1. The summed E-state index contributed by atoms with van der Waals surface area (Å²) in [6.07, 6.45) is 2.36. The molecule has 1 saturated heterocycles. The first kappa shape index (κ1) is 6.62. The Labute approximate surface area is 66.3 Å². The van der Waals surface area contributed by atoms with E-state index in [0.717, 1.165) is 0 Å². The molecule has 56 valence electrons. The first-order valence-electron chi connectivity index (χ1n) is 3.75. The topological polar surface area (TPSA) is 12.5 Å². The SMILES string of the molecule is C=C[C@H]1O[C@H]1c1ccccc1. The zero-order valence-electron chi connectivity index (χ0n) is 6.23. The van der Waals surface area contributed by atoms with Crippen LogP contribution in [0.3, 0.4) is 0 Å². The lowest BCUT2D eigenvalue weighted by atomic mass is 10.1. The Morgan fingerprint density at radius 2 is 2.00 bits per heavy atom. The highest BCUT2D eigenvalue weighted by Crippen LogP contribution is 2.38. The van der Waals surface area contributed by atoms with Crippen molar-refractivity contribution in [2.45, 2.75) is 12.2 Å². The van der Waals surface area contributed by atoms with Crippen LogP contribution in [0.4, 0.5) is 0 Å². The number of rotatable bonds is 2. The van der Waals surface area contributed by atoms with Crippen LogP contribution < -0.4 is 0 Å². The fourth-order valence-electron chi connectivity index (χ4n) is 1.21. The number of hydrogen-bond donors (Lipinski definition) is 0. The Morgan fingerprint density at radius 3 is 2.55 bits per heavy atom. The van der Waals surface area contributed by atoms with Crippen LogP contribution in [-0.4, -0.2) is 6.10 Å². The van der Waals surface area contributed by atoms with Gasteiger partial charge >= 0.3 is 0 Å². The fraction of sp³-hybridized carbons (Fsp3) is 0.200. The van der Waals surface area contributed by atoms with E-state index in [0.29, 0.717) is 0 Å². The van der Waals surface area contributed by atoms with Crippen molar-refractivity contribution in [3.63, 3.8) is 0 Å². The number of epoxide rings is 1. The maximum absolute atomic E-state index is 5.33. The van der Waals surface area contributed by atoms with Gasteiger partial charge in [-0.3, -0.25) is 0 Å². The van der Waals surface area contributed by atoms with Crippen LogP contribution >= 0.6 is 0 Å². The summed E-state index contributed by atoms with van der Waals surface area (Å²) in [7, 11) is 0. The van der Waals surface area contributed by atoms with Gasteiger partial charge in [0.15, 0.2) is 0 Å². The molecule has 0 saturated carbocycles. The minimum atomic E-state index is 0.248. The van der Waals surface area contributed by atoms with Crippen LogP contribution in [0.15, 0.2) is 43.0 Å². The second-order valence-corrected chi connectivity index (χ2v) is 2.67. The van der Waals surface area contributed by atoms with Crippen molar-refractivity contribution in [2.24, 2.45) is 0 Å². The van der Waals surface area contributed by atoms with Gasteiger partial charge in [0.05, 0.1) is 0 Å². The van der Waals surface area contributed by atoms with Gasteiger partial charge in [-0.05, 0) is 5.56 Å². The molecule has 1 aromatic carbocycles. The third-order valence-electron chi connectivity index (χ3n) is 1.89. The van der Waals surface area contributed by atoms with E-state index in [-0.39, 0.29) is 12.2 Å². The third kappa shape index (κ3) is 1.19. The highest BCUT2D eigenvalue weighted by Gasteiger charge is 2.36. The lowest BCUT2D eigenvalue weighted by molar-refractivity contribution is 0.394. The van der Waals surface area contributed by atoms with Crippen LogP contribution in [0.5, 0.6) is 0 Å². The highest BCUT2D eigenvalue weighted by atomic mass is 16.6. The molecule has 1 heteroatoms. The van der Waals surface area contributed by atoms with Gasteiger partial charge in [-0.25, -0.2) is 0 Å². The first-order valence-corrected chi connectivity index (χ1v) is 3.75. The molecule has 1 fully saturated rings. The Balaban J connectivity index is 2.14. The number of benzene rings is 1. The van der Waals surface area contributed by atoms with Gasteiger partial charge in [0.2, 0.25) is 0 Å². The van der Waals surface area contributed by atoms with E-state index in [1.54, 1.807) is 0 Å². The Kier molecular flexibility index (Phi) is 1.51. The molecule has 2 atom stereocenters. The van der Waals surface area contributed by atoms with E-state index in [9.17, 15) is 0 Å². The van der Waals surface area contributed by atoms with Crippen molar-refractivity contribution >= 4 is 0 Å². The summed E-state index contributed by atoms with van der Waals surface area (Å²) in [6, 6.07) is 10.2. The summed E-state index contributed by atoms with van der Waals surface area (Å²) >= 11 is 0. The van der Waals surface area contributed by atoms with E-state index < -0.39 is 0 Å². The fourth-order valence-corrected chi connectivity index (χ4v) is 1.21. The zero-order chi connectivity index (χ0) is 7.68. The van der Waals surface area contributed by atoms with Crippen LogP contribution in [-0.2, 0) is 4.74 Å². The molecule has 0 N–H and O–H groups in total. The largest absolute Gasteiger partial charge is 0.360 e. The van der Waals surface area contributed by atoms with Gasteiger partial charge < -0.3 is 4.74 Å². The third-order valence-corrected chi connectivity index (χ3v) is 1.89. The minimum absolute atomic E-state index is 0.248. The summed E-state index contributed by atoms with van der Waals surface area (Å²) in [5, 5.41) is 0. The van der Waals surface area contributed by atoms with Crippen LogP contribution in [0, 0.1) is 0 Å². The molecule has 0 bridgehead atoms. The molecule has 2 rings (SSSR count). The van der Waals surface area contributed by atoms with E-state index in [2.05, 4.69) is 18.7 Å². The molecule has 0 amide bonds. The maximum Gasteiger partial charge on any atom is 0.113 e. The average molecular weight is 146 g/mol. The van der Waals surface area contributed by atoms with E-state index in [1.165, 1.54) is 5.56 Å². The Morgan fingerprint density at radius 1 is 1.27 bits per heavy atom. The first-order chi connectivity index (χ1) is 5.42. The van der Waals surface area contributed by atoms with E-state index in [4.69, 9.17) is 4.74 Å². The van der Waals surface area contributed by atoms with Gasteiger partial charge in [-0.2, -0.15) is 0 Å². The molecule has 0 aliphatic carbocycles. The van der Waals surface area contributed by atoms with Crippen LogP contribution in [0.1, 0.15) is 11.7 Å². The molecular weight excluding hydrogens is 136 g/mol. The molecule has 0 unspecified atom stereocenters. The normalized spacial score (nSPS) is 28.0. The van der Waals surface area contributed by atoms with Gasteiger partial charge in [0, 0.05) is 0 Å². The van der Waals surface area contributed by atoms with Crippen molar-refractivity contribution < 1.29 is 4.74 Å². The summed E-state index contributed by atoms with van der Waals surface area (Å²) in [6.45, 7) is 3.67. The Bertz CT molecular complexity index is 253. The predicted molar refractivity (Wildman–Crippen MR) is 44.3 cm³/mol. The van der Waals surface area contributed by atoms with Gasteiger partial charge in [-0.1, -0.05) is 36.4 Å². The lowest BCUT2D eigenvalue weighted by Gasteiger charge is -1.91. The van der Waals surface area contributed by atoms with Gasteiger partial charge in [0.25, 0.3) is 0 Å². The quantitative estimate of drug-likeness (QED) is 0.460. The summed E-state index contributed by atoms with van der Waals surface area (Å²) in [5.41, 5.74) is 1.25. The molecule has 1 aliphatic heterocycles. The monoisotopic (exact) mass is 146 g/mol. The van der Waals surface area contributed by atoms with Crippen LogP contribution in [0.2, 0.25) is 0 Å². The summed E-state index contributed by atoms with van der Waals surface area (Å²) in [5.74, 6) is 0. The van der Waals surface area contributed by atoms with Crippen molar-refractivity contribution in [1.82, 2.24) is 0 Å².